The molecule has 1 fully saturated rings. The number of halogens is 1. The van der Waals surface area contributed by atoms with Crippen LogP contribution in [0.2, 0.25) is 5.02 Å². The molecule has 2 rings (SSSR count). The number of piperazine rings is 1. The molecule has 1 aromatic rings. The van der Waals surface area contributed by atoms with E-state index in [9.17, 15) is 9.59 Å². The molecule has 20 heavy (non-hydrogen) atoms. The van der Waals surface area contributed by atoms with Gasteiger partial charge in [0.2, 0.25) is 11.8 Å². The number of carbonyl (C=O) groups is 2. The molecule has 0 spiro atoms. The lowest BCUT2D eigenvalue weighted by Crippen LogP contribution is -2.56. The number of amides is 2. The van der Waals surface area contributed by atoms with Gasteiger partial charge in [-0.25, -0.2) is 0 Å². The van der Waals surface area contributed by atoms with Crippen molar-refractivity contribution in [3.63, 3.8) is 0 Å². The summed E-state index contributed by atoms with van der Waals surface area (Å²) in [7, 11) is 0. The van der Waals surface area contributed by atoms with Gasteiger partial charge in [0.1, 0.15) is 11.8 Å². The molecule has 1 aliphatic heterocycles. The molecule has 2 amide bonds. The minimum Gasteiger partial charge on any atom is -0.493 e. The molecule has 0 bridgehead atoms. The van der Waals surface area contributed by atoms with E-state index in [4.69, 9.17) is 16.3 Å². The molecule has 1 unspecified atom stereocenters. The lowest BCUT2D eigenvalue weighted by molar-refractivity contribution is -0.142. The standard InChI is InChI=1S/C14H17ClN2O3/c1-10-14(19)16-6-7-17(10)13(18)5-8-20-12-4-2-3-11(15)9-12/h2-4,9-10H,5-8H2,1H3,(H,16,19). The smallest absolute Gasteiger partial charge is 0.242 e. The molecule has 0 saturated carbocycles. The molecular formula is C14H17ClN2O3. The topological polar surface area (TPSA) is 58.6 Å². The summed E-state index contributed by atoms with van der Waals surface area (Å²) in [4.78, 5) is 25.1. The average molecular weight is 297 g/mol. The van der Waals surface area contributed by atoms with E-state index in [1.165, 1.54) is 0 Å². The van der Waals surface area contributed by atoms with E-state index in [0.717, 1.165) is 0 Å². The fourth-order valence-corrected chi connectivity index (χ4v) is 2.26. The number of benzene rings is 1. The minimum absolute atomic E-state index is 0.0746. The Kier molecular flexibility index (Phi) is 4.84. The quantitative estimate of drug-likeness (QED) is 0.915. The summed E-state index contributed by atoms with van der Waals surface area (Å²) in [6, 6.07) is 6.61. The minimum atomic E-state index is -0.414. The van der Waals surface area contributed by atoms with Crippen molar-refractivity contribution in [1.29, 1.82) is 0 Å². The zero-order chi connectivity index (χ0) is 14.5. The number of nitrogens with one attached hydrogen (secondary N) is 1. The van der Waals surface area contributed by atoms with Gasteiger partial charge in [0.25, 0.3) is 0 Å². The first-order valence-electron chi connectivity index (χ1n) is 6.53. The maximum Gasteiger partial charge on any atom is 0.242 e. The van der Waals surface area contributed by atoms with Crippen LogP contribution in [0.1, 0.15) is 13.3 Å². The molecule has 1 N–H and O–H groups in total. The Morgan fingerprint density at radius 3 is 3.10 bits per heavy atom. The van der Waals surface area contributed by atoms with E-state index in [0.29, 0.717) is 23.9 Å². The molecule has 1 aromatic carbocycles. The Morgan fingerprint density at radius 1 is 1.55 bits per heavy atom. The van der Waals surface area contributed by atoms with Gasteiger partial charge in [0.15, 0.2) is 0 Å². The fraction of sp³-hybridized carbons (Fsp3) is 0.429. The highest BCUT2D eigenvalue weighted by Gasteiger charge is 2.28. The van der Waals surface area contributed by atoms with Gasteiger partial charge in [0.05, 0.1) is 13.0 Å². The summed E-state index contributed by atoms with van der Waals surface area (Å²) < 4.78 is 5.48. The summed E-state index contributed by atoms with van der Waals surface area (Å²) in [5.41, 5.74) is 0. The first kappa shape index (κ1) is 14.7. The van der Waals surface area contributed by atoms with Gasteiger partial charge in [-0.2, -0.15) is 0 Å². The number of ether oxygens (including phenoxy) is 1. The third-order valence-corrected chi connectivity index (χ3v) is 3.44. The average Bonchev–Trinajstić information content (AvgIpc) is 2.42. The number of carbonyl (C=O) groups excluding carboxylic acids is 2. The lowest BCUT2D eigenvalue weighted by Gasteiger charge is -2.32. The van der Waals surface area contributed by atoms with E-state index < -0.39 is 6.04 Å². The van der Waals surface area contributed by atoms with Crippen LogP contribution < -0.4 is 10.1 Å². The molecule has 5 nitrogen and oxygen atoms in total. The predicted octanol–water partition coefficient (Wildman–Crippen LogP) is 1.46. The van der Waals surface area contributed by atoms with E-state index >= 15 is 0 Å². The third-order valence-electron chi connectivity index (χ3n) is 3.20. The van der Waals surface area contributed by atoms with Crippen molar-refractivity contribution in [2.45, 2.75) is 19.4 Å². The van der Waals surface area contributed by atoms with Gasteiger partial charge in [-0.3, -0.25) is 9.59 Å². The van der Waals surface area contributed by atoms with Gasteiger partial charge in [-0.15, -0.1) is 0 Å². The second-order valence-electron chi connectivity index (χ2n) is 4.61. The molecular weight excluding hydrogens is 280 g/mol. The first-order chi connectivity index (χ1) is 9.58. The van der Waals surface area contributed by atoms with Gasteiger partial charge in [-0.1, -0.05) is 17.7 Å². The lowest BCUT2D eigenvalue weighted by atomic mass is 10.2. The summed E-state index contributed by atoms with van der Waals surface area (Å²) in [6.07, 6.45) is 0.240. The van der Waals surface area contributed by atoms with Gasteiger partial charge in [0, 0.05) is 18.1 Å². The molecule has 6 heteroatoms. The zero-order valence-corrected chi connectivity index (χ0v) is 12.0. The highest BCUT2D eigenvalue weighted by molar-refractivity contribution is 6.30. The van der Waals surface area contributed by atoms with E-state index in [2.05, 4.69) is 5.32 Å². The second-order valence-corrected chi connectivity index (χ2v) is 5.05. The number of hydrogen-bond acceptors (Lipinski definition) is 3. The van der Waals surface area contributed by atoms with Crippen molar-refractivity contribution >= 4 is 23.4 Å². The Hall–Kier alpha value is -1.75. The molecule has 1 aliphatic rings. The molecule has 1 saturated heterocycles. The Labute approximate surface area is 122 Å². The van der Waals surface area contributed by atoms with Crippen molar-refractivity contribution in [2.75, 3.05) is 19.7 Å². The van der Waals surface area contributed by atoms with Crippen LogP contribution in [0.15, 0.2) is 24.3 Å². The van der Waals surface area contributed by atoms with E-state index in [1.807, 2.05) is 0 Å². The van der Waals surface area contributed by atoms with Crippen molar-refractivity contribution < 1.29 is 14.3 Å². The zero-order valence-electron chi connectivity index (χ0n) is 11.3. The van der Waals surface area contributed by atoms with Crippen molar-refractivity contribution in [2.24, 2.45) is 0 Å². The SMILES string of the molecule is CC1C(=O)NCCN1C(=O)CCOc1cccc(Cl)c1. The summed E-state index contributed by atoms with van der Waals surface area (Å²) >= 11 is 5.84. The molecule has 0 aliphatic carbocycles. The van der Waals surface area contributed by atoms with Crippen LogP contribution in [0, 0.1) is 0 Å². The van der Waals surface area contributed by atoms with Crippen LogP contribution in [0.25, 0.3) is 0 Å². The van der Waals surface area contributed by atoms with Gasteiger partial charge < -0.3 is 15.0 Å². The van der Waals surface area contributed by atoms with E-state index in [1.54, 1.807) is 36.1 Å². The molecule has 1 heterocycles. The molecule has 0 radical (unpaired) electrons. The maximum atomic E-state index is 12.1. The Bertz CT molecular complexity index is 507. The van der Waals surface area contributed by atoms with Crippen LogP contribution in [0.5, 0.6) is 5.75 Å². The van der Waals surface area contributed by atoms with Crippen LogP contribution in [0.3, 0.4) is 0 Å². The number of nitrogens with zero attached hydrogens (tertiary/aromatic N) is 1. The summed E-state index contributed by atoms with van der Waals surface area (Å²) in [5.74, 6) is 0.449. The first-order valence-corrected chi connectivity index (χ1v) is 6.91. The van der Waals surface area contributed by atoms with Crippen molar-refractivity contribution in [3.05, 3.63) is 29.3 Å². The molecule has 108 valence electrons. The number of hydrogen-bond donors (Lipinski definition) is 1. The Morgan fingerprint density at radius 2 is 2.35 bits per heavy atom. The van der Waals surface area contributed by atoms with Crippen LogP contribution in [-0.2, 0) is 9.59 Å². The highest BCUT2D eigenvalue weighted by Crippen LogP contribution is 2.17. The monoisotopic (exact) mass is 296 g/mol. The Balaban J connectivity index is 1.81. The summed E-state index contributed by atoms with van der Waals surface area (Å²) in [5, 5.41) is 3.32. The maximum absolute atomic E-state index is 12.1. The third kappa shape index (κ3) is 3.63. The molecule has 1 atom stereocenters. The highest BCUT2D eigenvalue weighted by atomic mass is 35.5. The normalized spacial score (nSPS) is 18.6. The van der Waals surface area contributed by atoms with Gasteiger partial charge >= 0.3 is 0 Å². The number of rotatable bonds is 4. The second kappa shape index (κ2) is 6.61. The molecule has 0 aromatic heterocycles. The largest absolute Gasteiger partial charge is 0.493 e. The van der Waals surface area contributed by atoms with Crippen LogP contribution in [-0.4, -0.2) is 42.5 Å². The van der Waals surface area contributed by atoms with Crippen molar-refractivity contribution in [3.8, 4) is 5.75 Å². The van der Waals surface area contributed by atoms with Crippen LogP contribution in [0.4, 0.5) is 0 Å². The predicted molar refractivity (Wildman–Crippen MR) is 75.7 cm³/mol. The van der Waals surface area contributed by atoms with Crippen molar-refractivity contribution in [1.82, 2.24) is 10.2 Å². The van der Waals surface area contributed by atoms with Gasteiger partial charge in [-0.05, 0) is 25.1 Å². The summed E-state index contributed by atoms with van der Waals surface area (Å²) in [6.45, 7) is 3.04. The van der Waals surface area contributed by atoms with Crippen LogP contribution >= 0.6 is 11.6 Å². The fourth-order valence-electron chi connectivity index (χ4n) is 2.08. The van der Waals surface area contributed by atoms with E-state index in [-0.39, 0.29) is 24.8 Å².